The standard InChI is InChI=1S/C10H21NO2/c1-2-6-11-9(5-7-12)10-4-3-8-13-10/h9-12H,2-8H2,1H3. The van der Waals surface area contributed by atoms with E-state index < -0.39 is 0 Å². The Kier molecular flexibility index (Phi) is 5.35. The number of hydrogen-bond acceptors (Lipinski definition) is 3. The van der Waals surface area contributed by atoms with Gasteiger partial charge < -0.3 is 15.2 Å². The fraction of sp³-hybridized carbons (Fsp3) is 1.00. The number of aliphatic hydroxyl groups excluding tert-OH is 1. The van der Waals surface area contributed by atoms with Crippen LogP contribution in [0.25, 0.3) is 0 Å². The van der Waals surface area contributed by atoms with Gasteiger partial charge in [0.2, 0.25) is 0 Å². The van der Waals surface area contributed by atoms with E-state index in [-0.39, 0.29) is 6.61 Å². The van der Waals surface area contributed by atoms with Crippen LogP contribution in [0.4, 0.5) is 0 Å². The molecular formula is C10H21NO2. The molecule has 1 fully saturated rings. The molecule has 0 radical (unpaired) electrons. The molecule has 2 unspecified atom stereocenters. The first-order valence-electron chi connectivity index (χ1n) is 5.34. The van der Waals surface area contributed by atoms with Gasteiger partial charge in [-0.1, -0.05) is 6.92 Å². The third-order valence-corrected chi connectivity index (χ3v) is 2.51. The first kappa shape index (κ1) is 11.0. The van der Waals surface area contributed by atoms with Gasteiger partial charge in [-0.15, -0.1) is 0 Å². The van der Waals surface area contributed by atoms with Crippen molar-refractivity contribution >= 4 is 0 Å². The summed E-state index contributed by atoms with van der Waals surface area (Å²) in [4.78, 5) is 0. The number of ether oxygens (including phenoxy) is 1. The van der Waals surface area contributed by atoms with Crippen LogP contribution in [0.2, 0.25) is 0 Å². The molecule has 13 heavy (non-hydrogen) atoms. The fourth-order valence-electron chi connectivity index (χ4n) is 1.81. The molecule has 0 spiro atoms. The third kappa shape index (κ3) is 3.63. The van der Waals surface area contributed by atoms with Crippen molar-refractivity contribution in [2.75, 3.05) is 19.8 Å². The minimum absolute atomic E-state index is 0.251. The monoisotopic (exact) mass is 187 g/mol. The lowest BCUT2D eigenvalue weighted by Gasteiger charge is -2.23. The van der Waals surface area contributed by atoms with Crippen LogP contribution in [0.3, 0.4) is 0 Å². The molecular weight excluding hydrogens is 166 g/mol. The molecule has 0 saturated carbocycles. The Morgan fingerprint density at radius 1 is 1.62 bits per heavy atom. The van der Waals surface area contributed by atoms with Gasteiger partial charge in [-0.25, -0.2) is 0 Å². The molecule has 0 aromatic carbocycles. The van der Waals surface area contributed by atoms with Crippen molar-refractivity contribution in [2.24, 2.45) is 0 Å². The van der Waals surface area contributed by atoms with E-state index in [1.165, 1.54) is 6.42 Å². The van der Waals surface area contributed by atoms with E-state index in [0.29, 0.717) is 12.1 Å². The largest absolute Gasteiger partial charge is 0.396 e. The number of nitrogens with one attached hydrogen (secondary N) is 1. The predicted octanol–water partition coefficient (Wildman–Crippen LogP) is 0.916. The van der Waals surface area contributed by atoms with Gasteiger partial charge in [-0.3, -0.25) is 0 Å². The molecule has 3 heteroatoms. The normalized spacial score (nSPS) is 24.9. The SMILES string of the molecule is CCCNC(CCO)C1CCCO1. The van der Waals surface area contributed by atoms with E-state index in [1.54, 1.807) is 0 Å². The van der Waals surface area contributed by atoms with E-state index in [0.717, 1.165) is 32.4 Å². The van der Waals surface area contributed by atoms with Crippen LogP contribution >= 0.6 is 0 Å². The van der Waals surface area contributed by atoms with Crippen LogP contribution in [0.1, 0.15) is 32.6 Å². The summed E-state index contributed by atoms with van der Waals surface area (Å²) in [5.41, 5.74) is 0. The Balaban J connectivity index is 2.26. The van der Waals surface area contributed by atoms with Crippen molar-refractivity contribution in [2.45, 2.75) is 44.8 Å². The molecule has 1 rings (SSSR count). The lowest BCUT2D eigenvalue weighted by Crippen LogP contribution is -2.40. The zero-order valence-electron chi connectivity index (χ0n) is 8.46. The van der Waals surface area contributed by atoms with Gasteiger partial charge in [0, 0.05) is 19.3 Å². The van der Waals surface area contributed by atoms with Crippen molar-refractivity contribution < 1.29 is 9.84 Å². The second-order valence-electron chi connectivity index (χ2n) is 3.62. The Bertz CT molecular complexity index is 124. The topological polar surface area (TPSA) is 41.5 Å². The molecule has 2 N–H and O–H groups in total. The first-order chi connectivity index (χ1) is 6.38. The molecule has 0 bridgehead atoms. The van der Waals surface area contributed by atoms with Gasteiger partial charge >= 0.3 is 0 Å². The van der Waals surface area contributed by atoms with Crippen molar-refractivity contribution in [3.8, 4) is 0 Å². The molecule has 78 valence electrons. The molecule has 1 aliphatic rings. The molecule has 0 amide bonds. The van der Waals surface area contributed by atoms with Crippen LogP contribution in [-0.4, -0.2) is 37.0 Å². The maximum atomic E-state index is 8.90. The molecule has 1 aliphatic heterocycles. The summed E-state index contributed by atoms with van der Waals surface area (Å²) in [6.45, 7) is 4.31. The zero-order chi connectivity index (χ0) is 9.52. The zero-order valence-corrected chi connectivity index (χ0v) is 8.46. The second-order valence-corrected chi connectivity index (χ2v) is 3.62. The number of hydrogen-bond donors (Lipinski definition) is 2. The predicted molar refractivity (Wildman–Crippen MR) is 52.8 cm³/mol. The summed E-state index contributed by atoms with van der Waals surface area (Å²) in [6.07, 6.45) is 4.58. The summed E-state index contributed by atoms with van der Waals surface area (Å²) in [7, 11) is 0. The lowest BCUT2D eigenvalue weighted by molar-refractivity contribution is 0.0689. The molecule has 0 aliphatic carbocycles. The molecule has 3 nitrogen and oxygen atoms in total. The first-order valence-corrected chi connectivity index (χ1v) is 5.34. The van der Waals surface area contributed by atoms with Crippen molar-refractivity contribution in [1.82, 2.24) is 5.32 Å². The average molecular weight is 187 g/mol. The summed E-state index contributed by atoms with van der Waals surface area (Å²) < 4.78 is 5.59. The molecule has 2 atom stereocenters. The van der Waals surface area contributed by atoms with E-state index in [2.05, 4.69) is 12.2 Å². The summed E-state index contributed by atoms with van der Waals surface area (Å²) in [6, 6.07) is 0.354. The summed E-state index contributed by atoms with van der Waals surface area (Å²) >= 11 is 0. The fourth-order valence-corrected chi connectivity index (χ4v) is 1.81. The van der Waals surface area contributed by atoms with E-state index >= 15 is 0 Å². The van der Waals surface area contributed by atoms with Crippen molar-refractivity contribution in [1.29, 1.82) is 0 Å². The highest BCUT2D eigenvalue weighted by Crippen LogP contribution is 2.17. The van der Waals surface area contributed by atoms with Crippen LogP contribution in [0.5, 0.6) is 0 Å². The van der Waals surface area contributed by atoms with E-state index in [1.807, 2.05) is 0 Å². The minimum Gasteiger partial charge on any atom is -0.396 e. The van der Waals surface area contributed by atoms with Gasteiger partial charge in [0.25, 0.3) is 0 Å². The van der Waals surface area contributed by atoms with Gasteiger partial charge in [-0.05, 0) is 32.2 Å². The Morgan fingerprint density at radius 3 is 3.00 bits per heavy atom. The molecule has 1 saturated heterocycles. The van der Waals surface area contributed by atoms with Gasteiger partial charge in [0.05, 0.1) is 6.10 Å². The van der Waals surface area contributed by atoms with Crippen molar-refractivity contribution in [3.05, 3.63) is 0 Å². The maximum absolute atomic E-state index is 8.90. The number of rotatable bonds is 6. The quantitative estimate of drug-likeness (QED) is 0.649. The smallest absolute Gasteiger partial charge is 0.0729 e. The van der Waals surface area contributed by atoms with Gasteiger partial charge in [0.1, 0.15) is 0 Å². The Labute approximate surface area is 80.5 Å². The average Bonchev–Trinajstić information content (AvgIpc) is 2.65. The van der Waals surface area contributed by atoms with E-state index in [4.69, 9.17) is 9.84 Å². The van der Waals surface area contributed by atoms with Crippen LogP contribution in [0, 0.1) is 0 Å². The van der Waals surface area contributed by atoms with Gasteiger partial charge in [0.15, 0.2) is 0 Å². The Hall–Kier alpha value is -0.120. The third-order valence-electron chi connectivity index (χ3n) is 2.51. The highest BCUT2D eigenvalue weighted by atomic mass is 16.5. The molecule has 0 aromatic heterocycles. The molecule has 0 aromatic rings. The minimum atomic E-state index is 0.251. The van der Waals surface area contributed by atoms with Crippen molar-refractivity contribution in [3.63, 3.8) is 0 Å². The van der Waals surface area contributed by atoms with Gasteiger partial charge in [-0.2, -0.15) is 0 Å². The highest BCUT2D eigenvalue weighted by Gasteiger charge is 2.24. The lowest BCUT2D eigenvalue weighted by atomic mass is 10.1. The summed E-state index contributed by atoms with van der Waals surface area (Å²) in [5.74, 6) is 0. The highest BCUT2D eigenvalue weighted by molar-refractivity contribution is 4.80. The second kappa shape index (κ2) is 6.35. The van der Waals surface area contributed by atoms with Crippen LogP contribution in [0.15, 0.2) is 0 Å². The molecule has 1 heterocycles. The van der Waals surface area contributed by atoms with Crippen LogP contribution in [-0.2, 0) is 4.74 Å². The number of aliphatic hydroxyl groups is 1. The summed E-state index contributed by atoms with van der Waals surface area (Å²) in [5, 5.41) is 12.3. The maximum Gasteiger partial charge on any atom is 0.0729 e. The van der Waals surface area contributed by atoms with Crippen LogP contribution < -0.4 is 5.32 Å². The van der Waals surface area contributed by atoms with E-state index in [9.17, 15) is 0 Å². The Morgan fingerprint density at radius 2 is 2.46 bits per heavy atom.